The number of unbranched alkanes of at least 4 members (excludes halogenated alkanes) is 1. The zero-order valence-electron chi connectivity index (χ0n) is 37.1. The Hall–Kier alpha value is -4.20. The van der Waals surface area contributed by atoms with Crippen LogP contribution in [0.25, 0.3) is 11.3 Å². The molecule has 1 amide bonds. The van der Waals surface area contributed by atoms with Crippen molar-refractivity contribution in [1.29, 1.82) is 0 Å². The predicted octanol–water partition coefficient (Wildman–Crippen LogP) is 4.85. The number of ether oxygens (including phenoxy) is 5. The number of hydrogen-bond acceptors (Lipinski definition) is 13. The van der Waals surface area contributed by atoms with E-state index in [0.717, 1.165) is 17.0 Å². The average Bonchev–Trinajstić information content (AvgIpc) is 3.81. The summed E-state index contributed by atoms with van der Waals surface area (Å²) in [6, 6.07) is 2.60. The molecular formula is C45H65N5O10. The van der Waals surface area contributed by atoms with Gasteiger partial charge in [0.2, 0.25) is 5.60 Å². The number of esters is 1. The van der Waals surface area contributed by atoms with E-state index in [2.05, 4.69) is 15.9 Å². The number of aliphatic hydroxyl groups is 1. The minimum atomic E-state index is -1.83. The van der Waals surface area contributed by atoms with Gasteiger partial charge in [-0.15, -0.1) is 6.42 Å². The normalized spacial score (nSPS) is 35.7. The highest BCUT2D eigenvalue weighted by atomic mass is 16.7. The fourth-order valence-corrected chi connectivity index (χ4v) is 9.37. The second-order valence-electron chi connectivity index (χ2n) is 17.5. The van der Waals surface area contributed by atoms with E-state index >= 15 is 0 Å². The SMILES string of the molecule is C#C[C@]12OC(=O)N(CCCCn3cnc(-c4ccc(C)nc4)c3)[C@H]1[C@@H](C)C(=O)[C@H](C)C[C@](C)(OC)[C@H](OC1O[C@H](C)C[C@H](N(C)C)[C@H]1O)[C@@H](C)C(=O)[C@@H](C)C(=O)O[C@@H]2CC. The second kappa shape index (κ2) is 19.2. The van der Waals surface area contributed by atoms with E-state index < -0.39 is 83.4 Å². The molecule has 2 aromatic heterocycles. The average molecular weight is 836 g/mol. The minimum absolute atomic E-state index is 0.0800. The maximum atomic E-state index is 14.8. The van der Waals surface area contributed by atoms with Crippen LogP contribution < -0.4 is 0 Å². The number of likely N-dealkylation sites (N-methyl/N-ethyl adjacent to an activating group) is 1. The molecule has 5 rings (SSSR count). The number of methoxy groups -OCH3 is 1. The summed E-state index contributed by atoms with van der Waals surface area (Å²) in [5.41, 5.74) is -0.522. The molecule has 13 atom stereocenters. The van der Waals surface area contributed by atoms with Crippen LogP contribution in [0.5, 0.6) is 0 Å². The molecule has 0 saturated carbocycles. The maximum Gasteiger partial charge on any atom is 0.411 e. The van der Waals surface area contributed by atoms with Crippen LogP contribution in [0.4, 0.5) is 4.79 Å². The number of aryl methyl sites for hydroxylation is 2. The fraction of sp³-hybridized carbons (Fsp3) is 0.689. The van der Waals surface area contributed by atoms with E-state index in [0.29, 0.717) is 25.8 Å². The Morgan fingerprint density at radius 3 is 2.35 bits per heavy atom. The van der Waals surface area contributed by atoms with Crippen molar-refractivity contribution in [2.75, 3.05) is 27.7 Å². The Bertz CT molecular complexity index is 1880. The summed E-state index contributed by atoms with van der Waals surface area (Å²) in [6.45, 7) is 14.7. The number of ketones is 2. The molecular weight excluding hydrogens is 771 g/mol. The lowest BCUT2D eigenvalue weighted by Crippen LogP contribution is -2.60. The smallest absolute Gasteiger partial charge is 0.411 e. The molecule has 0 bridgehead atoms. The number of aromatic nitrogens is 3. The Kier molecular flexibility index (Phi) is 15.0. The molecule has 2 aromatic rings. The number of aliphatic hydroxyl groups excluding tert-OH is 1. The zero-order valence-corrected chi connectivity index (χ0v) is 37.1. The van der Waals surface area contributed by atoms with Crippen LogP contribution in [-0.4, -0.2) is 135 Å². The van der Waals surface area contributed by atoms with Crippen molar-refractivity contribution in [1.82, 2.24) is 24.3 Å². The van der Waals surface area contributed by atoms with Gasteiger partial charge >= 0.3 is 12.1 Å². The third-order valence-electron chi connectivity index (χ3n) is 12.9. The summed E-state index contributed by atoms with van der Waals surface area (Å²) in [5, 5.41) is 11.5. The van der Waals surface area contributed by atoms with Crippen LogP contribution in [0, 0.1) is 42.9 Å². The summed E-state index contributed by atoms with van der Waals surface area (Å²) in [4.78, 5) is 69.4. The number of pyridine rings is 1. The number of fused-ring (bicyclic) bond motifs is 1. The van der Waals surface area contributed by atoms with Gasteiger partial charge in [-0.2, -0.15) is 0 Å². The molecule has 15 nitrogen and oxygen atoms in total. The van der Waals surface area contributed by atoms with Crippen LogP contribution in [0.15, 0.2) is 30.9 Å². The van der Waals surface area contributed by atoms with Crippen LogP contribution in [0.2, 0.25) is 0 Å². The molecule has 330 valence electrons. The van der Waals surface area contributed by atoms with E-state index in [4.69, 9.17) is 30.1 Å². The highest BCUT2D eigenvalue weighted by Gasteiger charge is 2.62. The van der Waals surface area contributed by atoms with Crippen LogP contribution in [0.1, 0.15) is 86.3 Å². The molecule has 0 aromatic carbocycles. The molecule has 0 spiro atoms. The first-order chi connectivity index (χ1) is 28.3. The van der Waals surface area contributed by atoms with E-state index in [-0.39, 0.29) is 37.3 Å². The molecule has 3 fully saturated rings. The number of cyclic esters (lactones) is 1. The van der Waals surface area contributed by atoms with Gasteiger partial charge in [0.25, 0.3) is 0 Å². The molecule has 0 aliphatic carbocycles. The van der Waals surface area contributed by atoms with Gasteiger partial charge in [-0.1, -0.05) is 33.6 Å². The molecule has 1 N–H and O–H groups in total. The number of Topliss-reactive ketones (excluding diaryl/α,β-unsaturated/α-hetero) is 2. The topological polar surface area (TPSA) is 172 Å². The second-order valence-corrected chi connectivity index (χ2v) is 17.5. The minimum Gasteiger partial charge on any atom is -0.456 e. The summed E-state index contributed by atoms with van der Waals surface area (Å²) >= 11 is 0. The Morgan fingerprint density at radius 2 is 1.73 bits per heavy atom. The molecule has 5 heterocycles. The van der Waals surface area contributed by atoms with Gasteiger partial charge < -0.3 is 38.3 Å². The van der Waals surface area contributed by atoms with Crippen molar-refractivity contribution in [2.24, 2.45) is 23.7 Å². The van der Waals surface area contributed by atoms with Gasteiger partial charge in [-0.3, -0.25) is 24.3 Å². The first-order valence-electron chi connectivity index (χ1n) is 21.2. The van der Waals surface area contributed by atoms with E-state index in [1.165, 1.54) is 18.9 Å². The first kappa shape index (κ1) is 46.9. The Labute approximate surface area is 354 Å². The van der Waals surface area contributed by atoms with Gasteiger partial charge in [0, 0.05) is 67.6 Å². The summed E-state index contributed by atoms with van der Waals surface area (Å²) in [5.74, 6) is -2.81. The van der Waals surface area contributed by atoms with Crippen molar-refractivity contribution >= 4 is 23.6 Å². The van der Waals surface area contributed by atoms with E-state index in [1.54, 1.807) is 47.1 Å². The summed E-state index contributed by atoms with van der Waals surface area (Å²) < 4.78 is 33.1. The summed E-state index contributed by atoms with van der Waals surface area (Å²) in [6.07, 6.45) is 8.26. The number of hydrogen-bond donors (Lipinski definition) is 1. The quantitative estimate of drug-likeness (QED) is 0.141. The number of nitrogens with zero attached hydrogens (tertiary/aromatic N) is 5. The molecule has 3 saturated heterocycles. The molecule has 3 aliphatic heterocycles. The number of amides is 1. The van der Waals surface area contributed by atoms with E-state index in [1.807, 2.05) is 55.7 Å². The largest absolute Gasteiger partial charge is 0.456 e. The number of carbonyl (C=O) groups excluding carboxylic acids is 4. The van der Waals surface area contributed by atoms with Crippen molar-refractivity contribution in [3.8, 4) is 23.6 Å². The van der Waals surface area contributed by atoms with Gasteiger partial charge in [0.1, 0.15) is 17.8 Å². The van der Waals surface area contributed by atoms with E-state index in [9.17, 15) is 24.3 Å². The third kappa shape index (κ3) is 9.48. The lowest BCUT2D eigenvalue weighted by atomic mass is 9.73. The molecule has 0 radical (unpaired) electrons. The number of carbonyl (C=O) groups is 4. The lowest BCUT2D eigenvalue weighted by molar-refractivity contribution is -0.295. The summed E-state index contributed by atoms with van der Waals surface area (Å²) in [7, 11) is 5.20. The monoisotopic (exact) mass is 835 g/mol. The predicted molar refractivity (Wildman–Crippen MR) is 222 cm³/mol. The zero-order chi connectivity index (χ0) is 44.3. The standard InChI is InChI=1S/C45H65N5O10/c1-13-35-45(14-2)39(50(43(55)60-45)20-16-15-19-49-24-33(47-25-49)32-18-17-27(4)46-23-32)29(6)36(51)26(3)22-44(9,56-12)40(30(7)37(52)31(8)41(54)58-35)59-42-38(53)34(48(10)11)21-28(5)57-42/h2,17-18,23-26,28-31,34-35,38-40,42,53H,13,15-16,19-22H2,1,3-12H3/t26-,28-,29+,30+,31-,34+,35-,38-,39+,40-,42?,44+,45-/m1/s1. The van der Waals surface area contributed by atoms with Crippen molar-refractivity contribution in [3.05, 3.63) is 36.5 Å². The van der Waals surface area contributed by atoms with Crippen molar-refractivity contribution < 1.29 is 48.0 Å². The Balaban J connectivity index is 1.45. The Morgan fingerprint density at radius 1 is 1.03 bits per heavy atom. The van der Waals surface area contributed by atoms with Crippen molar-refractivity contribution in [2.45, 2.75) is 148 Å². The van der Waals surface area contributed by atoms with Gasteiger partial charge in [-0.05, 0) is 86.0 Å². The molecule has 60 heavy (non-hydrogen) atoms. The maximum absolute atomic E-state index is 14.8. The van der Waals surface area contributed by atoms with Gasteiger partial charge in [0.05, 0.1) is 35.9 Å². The van der Waals surface area contributed by atoms with Gasteiger partial charge in [0.15, 0.2) is 18.2 Å². The third-order valence-corrected chi connectivity index (χ3v) is 12.9. The fourth-order valence-electron chi connectivity index (χ4n) is 9.37. The number of imidazole rings is 1. The van der Waals surface area contributed by atoms with Gasteiger partial charge in [-0.25, -0.2) is 9.78 Å². The highest BCUT2D eigenvalue weighted by molar-refractivity contribution is 6.00. The highest BCUT2D eigenvalue weighted by Crippen LogP contribution is 2.43. The van der Waals surface area contributed by atoms with Crippen LogP contribution in [0.3, 0.4) is 0 Å². The molecule has 15 heteroatoms. The first-order valence-corrected chi connectivity index (χ1v) is 21.2. The number of terminal acetylenes is 1. The van der Waals surface area contributed by atoms with Crippen molar-refractivity contribution in [3.63, 3.8) is 0 Å². The van der Waals surface area contributed by atoms with Crippen LogP contribution >= 0.6 is 0 Å². The number of rotatable bonds is 11. The molecule has 1 unspecified atom stereocenters. The van der Waals surface area contributed by atoms with Crippen LogP contribution in [-0.2, 0) is 44.6 Å². The molecule has 3 aliphatic rings. The lowest BCUT2D eigenvalue weighted by Gasteiger charge is -2.47.